The van der Waals surface area contributed by atoms with Gasteiger partial charge in [0.1, 0.15) is 11.5 Å². The Kier molecular flexibility index (Phi) is 7.99. The smallest absolute Gasteiger partial charge is 0.119 e. The SMILES string of the molecule is COc1ccc(N(CC[N+]2(C)CCCCC2)c2ccc(OC)cc2)cc1.[Br-]. The number of methoxy groups -OCH3 is 2. The lowest BCUT2D eigenvalue weighted by atomic mass is 10.1. The number of ether oxygens (including phenoxy) is 2. The molecule has 0 saturated carbocycles. The van der Waals surface area contributed by atoms with Crippen LogP contribution in [0.15, 0.2) is 48.5 Å². The number of piperidine rings is 1. The quantitative estimate of drug-likeness (QED) is 0.616. The lowest BCUT2D eigenvalue weighted by molar-refractivity contribution is -0.912. The van der Waals surface area contributed by atoms with Crippen LogP contribution in [0.5, 0.6) is 11.5 Å². The van der Waals surface area contributed by atoms with Crippen molar-refractivity contribution in [3.63, 3.8) is 0 Å². The third kappa shape index (κ3) is 5.63. The van der Waals surface area contributed by atoms with E-state index in [2.05, 4.69) is 36.2 Å². The van der Waals surface area contributed by atoms with Crippen LogP contribution < -0.4 is 31.4 Å². The van der Waals surface area contributed by atoms with E-state index in [1.54, 1.807) is 14.2 Å². The van der Waals surface area contributed by atoms with E-state index >= 15 is 0 Å². The van der Waals surface area contributed by atoms with Crippen molar-refractivity contribution in [3.05, 3.63) is 48.5 Å². The van der Waals surface area contributed by atoms with Crippen LogP contribution in [0.4, 0.5) is 11.4 Å². The minimum Gasteiger partial charge on any atom is -1.00 e. The molecule has 0 N–H and O–H groups in total. The van der Waals surface area contributed by atoms with Crippen LogP contribution in [0.1, 0.15) is 19.3 Å². The van der Waals surface area contributed by atoms with Crippen LogP contribution in [0.2, 0.25) is 0 Å². The molecule has 2 aromatic carbocycles. The van der Waals surface area contributed by atoms with Gasteiger partial charge < -0.3 is 35.8 Å². The number of benzene rings is 2. The predicted octanol–water partition coefficient (Wildman–Crippen LogP) is 1.48. The largest absolute Gasteiger partial charge is 1.00 e. The van der Waals surface area contributed by atoms with Gasteiger partial charge in [-0.3, -0.25) is 0 Å². The molecule has 0 amide bonds. The number of hydrogen-bond acceptors (Lipinski definition) is 3. The Morgan fingerprint density at radius 1 is 0.778 bits per heavy atom. The van der Waals surface area contributed by atoms with Gasteiger partial charge >= 0.3 is 0 Å². The zero-order valence-electron chi connectivity index (χ0n) is 16.7. The molecule has 2 aromatic rings. The molecule has 1 fully saturated rings. The van der Waals surface area contributed by atoms with Crippen molar-refractivity contribution < 1.29 is 30.9 Å². The summed E-state index contributed by atoms with van der Waals surface area (Å²) in [5, 5.41) is 0. The molecule has 0 radical (unpaired) electrons. The first kappa shape index (κ1) is 21.6. The summed E-state index contributed by atoms with van der Waals surface area (Å²) in [6.07, 6.45) is 4.08. The van der Waals surface area contributed by atoms with Gasteiger partial charge in [0.15, 0.2) is 0 Å². The van der Waals surface area contributed by atoms with Crippen molar-refractivity contribution in [2.24, 2.45) is 0 Å². The lowest BCUT2D eigenvalue weighted by Gasteiger charge is -2.39. The standard InChI is InChI=1S/C22H31N2O2.BrH/c1-24(16-5-4-6-17-24)18-15-23(19-7-11-21(25-2)12-8-19)20-9-13-22(26-3)14-10-20;/h7-14H,4-6,15-18H2,1-3H3;1H/q+1;/p-1. The van der Waals surface area contributed by atoms with Crippen molar-refractivity contribution in [3.8, 4) is 11.5 Å². The summed E-state index contributed by atoms with van der Waals surface area (Å²) >= 11 is 0. The van der Waals surface area contributed by atoms with Gasteiger partial charge in [0.2, 0.25) is 0 Å². The summed E-state index contributed by atoms with van der Waals surface area (Å²) in [6, 6.07) is 16.7. The van der Waals surface area contributed by atoms with E-state index < -0.39 is 0 Å². The Labute approximate surface area is 174 Å². The molecule has 0 unspecified atom stereocenters. The molecule has 0 bridgehead atoms. The highest BCUT2D eigenvalue weighted by Crippen LogP contribution is 2.29. The van der Waals surface area contributed by atoms with Crippen molar-refractivity contribution in [1.29, 1.82) is 0 Å². The normalized spacial score (nSPS) is 15.5. The van der Waals surface area contributed by atoms with E-state index in [4.69, 9.17) is 9.47 Å². The van der Waals surface area contributed by atoms with E-state index in [1.807, 2.05) is 24.3 Å². The zero-order chi connectivity index (χ0) is 18.4. The fourth-order valence-electron chi connectivity index (χ4n) is 3.77. The number of hydrogen-bond donors (Lipinski definition) is 0. The molecule has 1 aliphatic heterocycles. The summed E-state index contributed by atoms with van der Waals surface area (Å²) in [7, 11) is 5.81. The Morgan fingerprint density at radius 3 is 1.63 bits per heavy atom. The number of rotatable bonds is 7. The third-order valence-corrected chi connectivity index (χ3v) is 5.53. The number of nitrogens with zero attached hydrogens (tertiary/aromatic N) is 2. The number of likely N-dealkylation sites (tertiary alicyclic amines) is 1. The molecule has 1 aliphatic rings. The van der Waals surface area contributed by atoms with Crippen LogP contribution in [0.25, 0.3) is 0 Å². The van der Waals surface area contributed by atoms with Gasteiger partial charge in [-0.2, -0.15) is 0 Å². The predicted molar refractivity (Wildman–Crippen MR) is 108 cm³/mol. The molecule has 0 aromatic heterocycles. The third-order valence-electron chi connectivity index (χ3n) is 5.53. The monoisotopic (exact) mass is 434 g/mol. The minimum atomic E-state index is 0. The van der Waals surface area contributed by atoms with E-state index in [9.17, 15) is 0 Å². The van der Waals surface area contributed by atoms with Crippen LogP contribution >= 0.6 is 0 Å². The van der Waals surface area contributed by atoms with Gasteiger partial charge in [-0.25, -0.2) is 0 Å². The first-order valence-electron chi connectivity index (χ1n) is 9.53. The van der Waals surface area contributed by atoms with E-state index in [1.165, 1.54) is 48.2 Å². The number of anilines is 2. The van der Waals surface area contributed by atoms with Crippen LogP contribution in [-0.4, -0.2) is 51.9 Å². The number of halogens is 1. The fraction of sp³-hybridized carbons (Fsp3) is 0.455. The Bertz CT molecular complexity index is 635. The highest BCUT2D eigenvalue weighted by atomic mass is 79.9. The average Bonchev–Trinajstić information content (AvgIpc) is 2.69. The summed E-state index contributed by atoms with van der Waals surface area (Å²) in [5.41, 5.74) is 2.39. The Morgan fingerprint density at radius 2 is 1.22 bits per heavy atom. The molecule has 5 heteroatoms. The van der Waals surface area contributed by atoms with Gasteiger partial charge in [0.25, 0.3) is 0 Å². The molecular weight excluding hydrogens is 404 g/mol. The van der Waals surface area contributed by atoms with Crippen molar-refractivity contribution >= 4 is 11.4 Å². The number of quaternary nitrogens is 1. The molecule has 0 atom stereocenters. The fourth-order valence-corrected chi connectivity index (χ4v) is 3.77. The highest BCUT2D eigenvalue weighted by molar-refractivity contribution is 5.64. The summed E-state index contributed by atoms with van der Waals surface area (Å²) in [4.78, 5) is 2.40. The molecule has 1 saturated heterocycles. The zero-order valence-corrected chi connectivity index (χ0v) is 18.2. The van der Waals surface area contributed by atoms with Crippen molar-refractivity contribution in [2.75, 3.05) is 52.3 Å². The minimum absolute atomic E-state index is 0. The molecule has 4 nitrogen and oxygen atoms in total. The molecule has 148 valence electrons. The van der Waals surface area contributed by atoms with Gasteiger partial charge in [-0.15, -0.1) is 0 Å². The second kappa shape index (κ2) is 10.00. The Hall–Kier alpha value is -1.72. The van der Waals surface area contributed by atoms with Gasteiger partial charge in [0, 0.05) is 11.4 Å². The molecular formula is C22H31BrN2O2. The van der Waals surface area contributed by atoms with Gasteiger partial charge in [0.05, 0.1) is 47.4 Å². The molecule has 0 spiro atoms. The number of likely N-dealkylation sites (N-methyl/N-ethyl adjacent to an activating group) is 1. The van der Waals surface area contributed by atoms with Crippen LogP contribution in [0, 0.1) is 0 Å². The lowest BCUT2D eigenvalue weighted by Crippen LogP contribution is -3.00. The maximum Gasteiger partial charge on any atom is 0.119 e. The second-order valence-corrected chi connectivity index (χ2v) is 7.40. The molecule has 0 aliphatic carbocycles. The first-order chi connectivity index (χ1) is 12.6. The van der Waals surface area contributed by atoms with E-state index in [-0.39, 0.29) is 17.0 Å². The first-order valence-corrected chi connectivity index (χ1v) is 9.53. The molecule has 27 heavy (non-hydrogen) atoms. The maximum atomic E-state index is 5.32. The van der Waals surface area contributed by atoms with Crippen LogP contribution in [-0.2, 0) is 0 Å². The Balaban J connectivity index is 0.00000261. The van der Waals surface area contributed by atoms with E-state index in [0.717, 1.165) is 24.6 Å². The second-order valence-electron chi connectivity index (χ2n) is 7.40. The van der Waals surface area contributed by atoms with Gasteiger partial charge in [-0.05, 0) is 67.8 Å². The molecule has 3 rings (SSSR count). The summed E-state index contributed by atoms with van der Waals surface area (Å²) < 4.78 is 11.8. The summed E-state index contributed by atoms with van der Waals surface area (Å²) in [6.45, 7) is 4.73. The van der Waals surface area contributed by atoms with Crippen LogP contribution in [0.3, 0.4) is 0 Å². The highest BCUT2D eigenvalue weighted by Gasteiger charge is 2.25. The maximum absolute atomic E-state index is 5.32. The molecule has 1 heterocycles. The average molecular weight is 435 g/mol. The van der Waals surface area contributed by atoms with Crippen molar-refractivity contribution in [1.82, 2.24) is 0 Å². The van der Waals surface area contributed by atoms with Gasteiger partial charge in [-0.1, -0.05) is 0 Å². The van der Waals surface area contributed by atoms with Crippen molar-refractivity contribution in [2.45, 2.75) is 19.3 Å². The summed E-state index contributed by atoms with van der Waals surface area (Å²) in [5.74, 6) is 1.77. The topological polar surface area (TPSA) is 21.7 Å². The van der Waals surface area contributed by atoms with E-state index in [0.29, 0.717) is 0 Å².